The Bertz CT molecular complexity index is 3240. The Labute approximate surface area is 322 Å². The fourth-order valence-electron chi connectivity index (χ4n) is 7.89. The molecule has 56 heavy (non-hydrogen) atoms. The van der Waals surface area contributed by atoms with Crippen LogP contribution in [0.25, 0.3) is 111 Å². The highest BCUT2D eigenvalue weighted by molar-refractivity contribution is 6.13. The fourth-order valence-corrected chi connectivity index (χ4v) is 7.89. The zero-order valence-electron chi connectivity index (χ0n) is 30.1. The first kappa shape index (κ1) is 31.9. The molecule has 0 unspecified atom stereocenters. The SMILES string of the molecule is c1ccc(-c2ccc(-c3nc(-c4ccccc4)nc(-c4cc(-c5cccc6oc7ccccc7c56)ccc4-c4cccc5c4oc4ccccc45)n3)cc2)cc1. The second-order valence-electron chi connectivity index (χ2n) is 13.9. The molecule has 0 saturated heterocycles. The summed E-state index contributed by atoms with van der Waals surface area (Å²) in [7, 11) is 0. The van der Waals surface area contributed by atoms with Crippen LogP contribution in [0.2, 0.25) is 0 Å². The Morgan fingerprint density at radius 1 is 0.286 bits per heavy atom. The summed E-state index contributed by atoms with van der Waals surface area (Å²) in [6.07, 6.45) is 0. The normalized spacial score (nSPS) is 11.6. The van der Waals surface area contributed by atoms with Crippen LogP contribution in [0.15, 0.2) is 197 Å². The Morgan fingerprint density at radius 2 is 0.804 bits per heavy atom. The van der Waals surface area contributed by atoms with Crippen LogP contribution >= 0.6 is 0 Å². The van der Waals surface area contributed by atoms with Crippen LogP contribution in [-0.2, 0) is 0 Å². The van der Waals surface area contributed by atoms with Crippen molar-refractivity contribution >= 4 is 43.9 Å². The molecular weight excluding hydrogens is 687 g/mol. The molecule has 0 aliphatic carbocycles. The molecule has 0 atom stereocenters. The summed E-state index contributed by atoms with van der Waals surface area (Å²) in [5, 5.41) is 4.28. The molecule has 0 bridgehead atoms. The molecule has 5 heteroatoms. The minimum Gasteiger partial charge on any atom is -0.456 e. The topological polar surface area (TPSA) is 65.0 Å². The second-order valence-corrected chi connectivity index (χ2v) is 13.9. The highest BCUT2D eigenvalue weighted by Gasteiger charge is 2.21. The van der Waals surface area contributed by atoms with E-state index in [1.54, 1.807) is 0 Å². The molecule has 0 amide bonds. The van der Waals surface area contributed by atoms with Gasteiger partial charge in [-0.3, -0.25) is 0 Å². The summed E-state index contributed by atoms with van der Waals surface area (Å²) < 4.78 is 12.9. The van der Waals surface area contributed by atoms with Gasteiger partial charge in [-0.1, -0.05) is 164 Å². The van der Waals surface area contributed by atoms with Crippen molar-refractivity contribution in [2.24, 2.45) is 0 Å². The van der Waals surface area contributed by atoms with Gasteiger partial charge in [0.1, 0.15) is 22.3 Å². The second kappa shape index (κ2) is 13.0. The van der Waals surface area contributed by atoms with Crippen LogP contribution in [0.3, 0.4) is 0 Å². The largest absolute Gasteiger partial charge is 0.456 e. The maximum atomic E-state index is 6.61. The summed E-state index contributed by atoms with van der Waals surface area (Å²) in [6, 6.07) is 64.5. The van der Waals surface area contributed by atoms with E-state index in [9.17, 15) is 0 Å². The van der Waals surface area contributed by atoms with E-state index in [4.69, 9.17) is 23.8 Å². The van der Waals surface area contributed by atoms with Crippen molar-refractivity contribution in [1.29, 1.82) is 0 Å². The van der Waals surface area contributed by atoms with E-state index in [0.717, 1.165) is 93.9 Å². The molecule has 8 aromatic carbocycles. The molecule has 3 aromatic heterocycles. The molecule has 0 saturated carbocycles. The van der Waals surface area contributed by atoms with Crippen molar-refractivity contribution < 1.29 is 8.83 Å². The fraction of sp³-hybridized carbons (Fsp3) is 0. The number of hydrogen-bond donors (Lipinski definition) is 0. The van der Waals surface area contributed by atoms with E-state index in [1.807, 2.05) is 72.8 Å². The van der Waals surface area contributed by atoms with Gasteiger partial charge in [0.25, 0.3) is 0 Å². The molecule has 0 aliphatic rings. The Hall–Kier alpha value is -7.63. The van der Waals surface area contributed by atoms with Gasteiger partial charge in [-0.15, -0.1) is 0 Å². The standard InChI is InChI=1S/C51H31N3O2/c1-3-13-32(14-4-1)33-25-27-35(28-26-33)50-52-49(34-15-5-2-6-16-34)53-51(54-50)43-31-36(37-19-12-24-46-47(37)42-18-8-10-23-45(42)55-46)29-30-38(43)40-20-11-21-41-39-17-7-9-22-44(39)56-48(40)41/h1-31H. The summed E-state index contributed by atoms with van der Waals surface area (Å²) in [4.78, 5) is 15.6. The number of aromatic nitrogens is 3. The number of hydrogen-bond acceptors (Lipinski definition) is 5. The van der Waals surface area contributed by atoms with Crippen molar-refractivity contribution in [3.8, 4) is 67.5 Å². The lowest BCUT2D eigenvalue weighted by Gasteiger charge is -2.15. The summed E-state index contributed by atoms with van der Waals surface area (Å²) >= 11 is 0. The predicted octanol–water partition coefficient (Wildman–Crippen LogP) is 13.7. The molecule has 11 aromatic rings. The van der Waals surface area contributed by atoms with E-state index in [2.05, 4.69) is 115 Å². The predicted molar refractivity (Wildman–Crippen MR) is 227 cm³/mol. The first-order valence-electron chi connectivity index (χ1n) is 18.7. The minimum atomic E-state index is 0.565. The van der Waals surface area contributed by atoms with Gasteiger partial charge in [0.05, 0.1) is 0 Å². The average Bonchev–Trinajstić information content (AvgIpc) is 3.86. The smallest absolute Gasteiger partial charge is 0.164 e. The lowest BCUT2D eigenvalue weighted by atomic mass is 9.92. The Morgan fingerprint density at radius 3 is 1.57 bits per heavy atom. The summed E-state index contributed by atoms with van der Waals surface area (Å²) in [6.45, 7) is 0. The number of furan rings is 2. The maximum absolute atomic E-state index is 6.61. The van der Waals surface area contributed by atoms with Crippen molar-refractivity contribution in [2.75, 3.05) is 0 Å². The number of para-hydroxylation sites is 3. The molecule has 262 valence electrons. The van der Waals surface area contributed by atoms with E-state index in [-0.39, 0.29) is 0 Å². The van der Waals surface area contributed by atoms with Crippen molar-refractivity contribution in [1.82, 2.24) is 15.0 Å². The zero-order chi connectivity index (χ0) is 37.0. The molecule has 0 fully saturated rings. The quantitative estimate of drug-likeness (QED) is 0.171. The lowest BCUT2D eigenvalue weighted by molar-refractivity contribution is 0.669. The molecule has 5 nitrogen and oxygen atoms in total. The van der Waals surface area contributed by atoms with Gasteiger partial charge in [0.15, 0.2) is 17.5 Å². The third kappa shape index (κ3) is 5.37. The van der Waals surface area contributed by atoms with Crippen LogP contribution in [-0.4, -0.2) is 15.0 Å². The summed E-state index contributed by atoms with van der Waals surface area (Å²) in [5.74, 6) is 1.75. The van der Waals surface area contributed by atoms with E-state index >= 15 is 0 Å². The Kier molecular flexibility index (Phi) is 7.42. The number of fused-ring (bicyclic) bond motifs is 6. The lowest BCUT2D eigenvalue weighted by Crippen LogP contribution is -2.01. The first-order chi connectivity index (χ1) is 27.7. The average molecular weight is 718 g/mol. The number of rotatable bonds is 6. The molecule has 0 spiro atoms. The molecule has 3 heterocycles. The van der Waals surface area contributed by atoms with Crippen molar-refractivity contribution in [3.63, 3.8) is 0 Å². The molecule has 0 N–H and O–H groups in total. The van der Waals surface area contributed by atoms with E-state index in [1.165, 1.54) is 0 Å². The molecular formula is C51H31N3O2. The van der Waals surface area contributed by atoms with Gasteiger partial charge in [-0.25, -0.2) is 15.0 Å². The highest BCUT2D eigenvalue weighted by Crippen LogP contribution is 2.43. The van der Waals surface area contributed by atoms with Crippen molar-refractivity contribution in [3.05, 3.63) is 188 Å². The van der Waals surface area contributed by atoms with Gasteiger partial charge in [-0.05, 0) is 52.1 Å². The van der Waals surface area contributed by atoms with Gasteiger partial charge in [0, 0.05) is 43.8 Å². The van der Waals surface area contributed by atoms with Gasteiger partial charge in [0.2, 0.25) is 0 Å². The van der Waals surface area contributed by atoms with E-state index < -0.39 is 0 Å². The molecule has 0 aliphatic heterocycles. The maximum Gasteiger partial charge on any atom is 0.164 e. The molecule has 0 radical (unpaired) electrons. The van der Waals surface area contributed by atoms with Crippen LogP contribution in [0.5, 0.6) is 0 Å². The number of nitrogens with zero attached hydrogens (tertiary/aromatic N) is 3. The Balaban J connectivity index is 1.17. The van der Waals surface area contributed by atoms with Gasteiger partial charge < -0.3 is 8.83 Å². The third-order valence-electron chi connectivity index (χ3n) is 10.6. The number of benzene rings is 8. The van der Waals surface area contributed by atoms with Crippen LogP contribution < -0.4 is 0 Å². The van der Waals surface area contributed by atoms with Crippen LogP contribution in [0, 0.1) is 0 Å². The third-order valence-corrected chi connectivity index (χ3v) is 10.6. The van der Waals surface area contributed by atoms with Gasteiger partial charge in [-0.2, -0.15) is 0 Å². The molecule has 11 rings (SSSR count). The zero-order valence-corrected chi connectivity index (χ0v) is 30.1. The van der Waals surface area contributed by atoms with E-state index in [0.29, 0.717) is 17.5 Å². The van der Waals surface area contributed by atoms with Crippen LogP contribution in [0.4, 0.5) is 0 Å². The summed E-state index contributed by atoms with van der Waals surface area (Å²) in [5.41, 5.74) is 12.3. The highest BCUT2D eigenvalue weighted by atomic mass is 16.3. The monoisotopic (exact) mass is 717 g/mol. The minimum absolute atomic E-state index is 0.565. The van der Waals surface area contributed by atoms with Crippen molar-refractivity contribution in [2.45, 2.75) is 0 Å². The first-order valence-corrected chi connectivity index (χ1v) is 18.7. The van der Waals surface area contributed by atoms with Gasteiger partial charge >= 0.3 is 0 Å². The van der Waals surface area contributed by atoms with Crippen LogP contribution in [0.1, 0.15) is 0 Å².